The van der Waals surface area contributed by atoms with Crippen molar-refractivity contribution in [3.63, 3.8) is 0 Å². The Bertz CT molecular complexity index is 777. The molecule has 104 valence electrons. The summed E-state index contributed by atoms with van der Waals surface area (Å²) in [5.74, 6) is 0. The first-order chi connectivity index (χ1) is 10.4. The summed E-state index contributed by atoms with van der Waals surface area (Å²) in [6.45, 7) is 0. The Morgan fingerprint density at radius 2 is 1.86 bits per heavy atom. The molecule has 0 bridgehead atoms. The van der Waals surface area contributed by atoms with Crippen LogP contribution in [0.15, 0.2) is 54.7 Å². The Morgan fingerprint density at radius 3 is 2.86 bits per heavy atom. The van der Waals surface area contributed by atoms with Crippen LogP contribution in [0.4, 0.5) is 5.69 Å². The number of benzene rings is 2. The first kappa shape index (κ1) is 12.3. The third-order valence-electron chi connectivity index (χ3n) is 4.25. The van der Waals surface area contributed by atoms with E-state index < -0.39 is 0 Å². The molecule has 1 aliphatic rings. The minimum atomic E-state index is 0.363. The van der Waals surface area contributed by atoms with E-state index in [1.54, 1.807) is 0 Å². The van der Waals surface area contributed by atoms with Gasteiger partial charge in [0.15, 0.2) is 0 Å². The maximum atomic E-state index is 4.19. The number of fused-ring (bicyclic) bond motifs is 2. The van der Waals surface area contributed by atoms with Crippen LogP contribution in [-0.2, 0) is 6.42 Å². The smallest absolute Gasteiger partial charge is 0.0950 e. The van der Waals surface area contributed by atoms with Gasteiger partial charge >= 0.3 is 0 Å². The molecular formula is C18H17N3. The van der Waals surface area contributed by atoms with E-state index in [4.69, 9.17) is 0 Å². The highest BCUT2D eigenvalue weighted by atomic mass is 15.1. The lowest BCUT2D eigenvalue weighted by Crippen LogP contribution is -2.17. The van der Waals surface area contributed by atoms with Crippen LogP contribution in [-0.4, -0.2) is 10.2 Å². The molecule has 2 aromatic carbocycles. The summed E-state index contributed by atoms with van der Waals surface area (Å²) in [6.07, 6.45) is 5.40. The molecular weight excluding hydrogens is 258 g/mol. The predicted octanol–water partition coefficient (Wildman–Crippen LogP) is 4.12. The average Bonchev–Trinajstić information content (AvgIpc) is 2.56. The Hall–Kier alpha value is -2.42. The zero-order chi connectivity index (χ0) is 14.1. The molecule has 1 aromatic heterocycles. The lowest BCUT2D eigenvalue weighted by molar-refractivity contribution is 0.600. The minimum absolute atomic E-state index is 0.363. The van der Waals surface area contributed by atoms with Gasteiger partial charge in [0.05, 0.1) is 23.4 Å². The molecule has 0 fully saturated rings. The molecule has 1 N–H and O–H groups in total. The number of rotatable bonds is 2. The second-order valence-corrected chi connectivity index (χ2v) is 5.56. The van der Waals surface area contributed by atoms with Gasteiger partial charge in [-0.3, -0.25) is 0 Å². The van der Waals surface area contributed by atoms with E-state index in [-0.39, 0.29) is 0 Å². The number of aromatic nitrogens is 2. The van der Waals surface area contributed by atoms with Gasteiger partial charge in [-0.25, -0.2) is 0 Å². The molecule has 0 saturated carbocycles. The van der Waals surface area contributed by atoms with Crippen molar-refractivity contribution < 1.29 is 0 Å². The van der Waals surface area contributed by atoms with Crippen LogP contribution in [0.3, 0.4) is 0 Å². The van der Waals surface area contributed by atoms with E-state index in [0.29, 0.717) is 6.04 Å². The number of anilines is 1. The van der Waals surface area contributed by atoms with Crippen LogP contribution in [0.25, 0.3) is 10.9 Å². The van der Waals surface area contributed by atoms with E-state index in [9.17, 15) is 0 Å². The molecule has 4 rings (SSSR count). The molecule has 0 radical (unpaired) electrons. The Balaban J connectivity index is 1.73. The summed E-state index contributed by atoms with van der Waals surface area (Å²) in [5.41, 5.74) is 4.89. The van der Waals surface area contributed by atoms with Crippen LogP contribution >= 0.6 is 0 Å². The highest BCUT2D eigenvalue weighted by molar-refractivity contribution is 5.90. The van der Waals surface area contributed by atoms with Crippen molar-refractivity contribution in [2.24, 2.45) is 0 Å². The van der Waals surface area contributed by atoms with Gasteiger partial charge in [-0.2, -0.15) is 10.2 Å². The van der Waals surface area contributed by atoms with Crippen molar-refractivity contribution in [3.05, 3.63) is 65.9 Å². The van der Waals surface area contributed by atoms with Gasteiger partial charge in [0.2, 0.25) is 0 Å². The van der Waals surface area contributed by atoms with Crippen molar-refractivity contribution >= 4 is 16.6 Å². The number of aryl methyl sites for hydroxylation is 1. The molecule has 3 aromatic rings. The molecule has 1 aliphatic carbocycles. The lowest BCUT2D eigenvalue weighted by atomic mass is 9.87. The summed E-state index contributed by atoms with van der Waals surface area (Å²) in [6, 6.07) is 17.2. The highest BCUT2D eigenvalue weighted by Crippen LogP contribution is 2.33. The van der Waals surface area contributed by atoms with E-state index >= 15 is 0 Å². The first-order valence-corrected chi connectivity index (χ1v) is 7.46. The van der Waals surface area contributed by atoms with E-state index in [0.717, 1.165) is 23.0 Å². The maximum absolute atomic E-state index is 4.19. The molecule has 0 amide bonds. The number of nitrogens with one attached hydrogen (secondary N) is 1. The standard InChI is InChI=1S/C18H17N3/c1-2-8-14-13(6-1)7-5-11-16(14)20-18-12-19-21-17-10-4-3-9-15(17)18/h1-4,6,8-10,12,16H,5,7,11H2,(H,20,21). The van der Waals surface area contributed by atoms with E-state index in [2.05, 4.69) is 45.8 Å². The SMILES string of the molecule is c1ccc2c(c1)CCCC2Nc1cnnc2ccccc12. The van der Waals surface area contributed by atoms with Crippen LogP contribution in [0.2, 0.25) is 0 Å². The molecule has 1 atom stereocenters. The quantitative estimate of drug-likeness (QED) is 0.764. The van der Waals surface area contributed by atoms with Crippen molar-refractivity contribution in [1.29, 1.82) is 0 Å². The predicted molar refractivity (Wildman–Crippen MR) is 85.3 cm³/mol. The molecule has 3 nitrogen and oxygen atoms in total. The summed E-state index contributed by atoms with van der Waals surface area (Å²) >= 11 is 0. The van der Waals surface area contributed by atoms with Crippen LogP contribution in [0, 0.1) is 0 Å². The first-order valence-electron chi connectivity index (χ1n) is 7.46. The third kappa shape index (κ3) is 2.25. The largest absolute Gasteiger partial charge is 0.376 e. The molecule has 0 saturated heterocycles. The summed E-state index contributed by atoms with van der Waals surface area (Å²) in [5, 5.41) is 13.1. The van der Waals surface area contributed by atoms with Gasteiger partial charge in [-0.15, -0.1) is 0 Å². The van der Waals surface area contributed by atoms with Crippen LogP contribution in [0.1, 0.15) is 30.0 Å². The minimum Gasteiger partial charge on any atom is -0.376 e. The molecule has 3 heteroatoms. The van der Waals surface area contributed by atoms with Crippen molar-refractivity contribution in [3.8, 4) is 0 Å². The third-order valence-corrected chi connectivity index (χ3v) is 4.25. The van der Waals surface area contributed by atoms with Gasteiger partial charge in [0.25, 0.3) is 0 Å². The topological polar surface area (TPSA) is 37.8 Å². The van der Waals surface area contributed by atoms with Crippen LogP contribution < -0.4 is 5.32 Å². The van der Waals surface area contributed by atoms with Crippen LogP contribution in [0.5, 0.6) is 0 Å². The van der Waals surface area contributed by atoms with E-state index in [1.807, 2.05) is 24.4 Å². The maximum Gasteiger partial charge on any atom is 0.0950 e. The highest BCUT2D eigenvalue weighted by Gasteiger charge is 2.20. The van der Waals surface area contributed by atoms with E-state index in [1.165, 1.54) is 24.0 Å². The Labute approximate surface area is 124 Å². The zero-order valence-electron chi connectivity index (χ0n) is 11.8. The Morgan fingerprint density at radius 1 is 1.00 bits per heavy atom. The molecule has 1 unspecified atom stereocenters. The van der Waals surface area contributed by atoms with Crippen molar-refractivity contribution in [2.45, 2.75) is 25.3 Å². The monoisotopic (exact) mass is 275 g/mol. The zero-order valence-corrected chi connectivity index (χ0v) is 11.8. The van der Waals surface area contributed by atoms with Crippen molar-refractivity contribution in [1.82, 2.24) is 10.2 Å². The average molecular weight is 275 g/mol. The fourth-order valence-electron chi connectivity index (χ4n) is 3.21. The summed E-state index contributed by atoms with van der Waals surface area (Å²) < 4.78 is 0. The lowest BCUT2D eigenvalue weighted by Gasteiger charge is -2.27. The fourth-order valence-corrected chi connectivity index (χ4v) is 3.21. The summed E-state index contributed by atoms with van der Waals surface area (Å²) in [7, 11) is 0. The number of nitrogens with zero attached hydrogens (tertiary/aromatic N) is 2. The second kappa shape index (κ2) is 5.17. The fraction of sp³-hybridized carbons (Fsp3) is 0.222. The summed E-state index contributed by atoms with van der Waals surface area (Å²) in [4.78, 5) is 0. The molecule has 1 heterocycles. The Kier molecular flexibility index (Phi) is 3.03. The normalized spacial score (nSPS) is 17.4. The molecule has 0 spiro atoms. The van der Waals surface area contributed by atoms with Gasteiger partial charge < -0.3 is 5.32 Å². The van der Waals surface area contributed by atoms with Crippen molar-refractivity contribution in [2.75, 3.05) is 5.32 Å². The van der Waals surface area contributed by atoms with Gasteiger partial charge in [0.1, 0.15) is 0 Å². The second-order valence-electron chi connectivity index (χ2n) is 5.56. The van der Waals surface area contributed by atoms with Gasteiger partial charge in [0, 0.05) is 5.39 Å². The number of hydrogen-bond acceptors (Lipinski definition) is 3. The molecule has 0 aliphatic heterocycles. The van der Waals surface area contributed by atoms with Gasteiger partial charge in [-0.1, -0.05) is 42.5 Å². The van der Waals surface area contributed by atoms with Gasteiger partial charge in [-0.05, 0) is 36.5 Å². The molecule has 21 heavy (non-hydrogen) atoms. The number of hydrogen-bond donors (Lipinski definition) is 1.